The molecule has 1 aromatic carbocycles. The standard InChI is InChI=1S/C12H13F3N2O3S/c1-21(18,19)9-4-2-3-8-11(9)17-10(16-8)5-6-20-7-12(13,14)15/h2-4H,5-7H2,1H3,(H,16,17). The van der Waals surface area contributed by atoms with E-state index in [0.29, 0.717) is 11.3 Å². The number of ether oxygens (including phenoxy) is 1. The number of para-hydroxylation sites is 1. The van der Waals surface area contributed by atoms with Crippen molar-refractivity contribution >= 4 is 20.9 Å². The van der Waals surface area contributed by atoms with Crippen LogP contribution < -0.4 is 0 Å². The van der Waals surface area contributed by atoms with Gasteiger partial charge in [0.25, 0.3) is 0 Å². The lowest BCUT2D eigenvalue weighted by Crippen LogP contribution is -2.18. The van der Waals surface area contributed by atoms with Gasteiger partial charge in [-0.3, -0.25) is 0 Å². The summed E-state index contributed by atoms with van der Waals surface area (Å²) in [5.41, 5.74) is 0.801. The minimum Gasteiger partial charge on any atom is -0.372 e. The fourth-order valence-electron chi connectivity index (χ4n) is 1.83. The van der Waals surface area contributed by atoms with E-state index in [1.54, 1.807) is 12.1 Å². The molecule has 0 spiro atoms. The van der Waals surface area contributed by atoms with Gasteiger partial charge in [-0.1, -0.05) is 6.07 Å². The van der Waals surface area contributed by atoms with Crippen LogP contribution in [0.1, 0.15) is 5.82 Å². The molecule has 0 atom stereocenters. The highest BCUT2D eigenvalue weighted by atomic mass is 32.2. The van der Waals surface area contributed by atoms with E-state index in [2.05, 4.69) is 14.7 Å². The Bertz CT molecular complexity index is 738. The van der Waals surface area contributed by atoms with Crippen LogP contribution in [0.3, 0.4) is 0 Å². The van der Waals surface area contributed by atoms with Crippen molar-refractivity contribution in [1.82, 2.24) is 9.97 Å². The maximum atomic E-state index is 11.9. The molecule has 5 nitrogen and oxygen atoms in total. The number of hydrogen-bond donors (Lipinski definition) is 1. The molecule has 0 bridgehead atoms. The Morgan fingerprint density at radius 1 is 1.33 bits per heavy atom. The van der Waals surface area contributed by atoms with Gasteiger partial charge >= 0.3 is 6.18 Å². The Morgan fingerprint density at radius 2 is 2.05 bits per heavy atom. The number of rotatable bonds is 5. The van der Waals surface area contributed by atoms with E-state index in [4.69, 9.17) is 0 Å². The van der Waals surface area contributed by atoms with Crippen molar-refractivity contribution < 1.29 is 26.3 Å². The molecule has 1 heterocycles. The highest BCUT2D eigenvalue weighted by Crippen LogP contribution is 2.21. The molecule has 0 aliphatic carbocycles. The van der Waals surface area contributed by atoms with Crippen LogP contribution in [0.5, 0.6) is 0 Å². The first-order valence-electron chi connectivity index (χ1n) is 5.99. The van der Waals surface area contributed by atoms with Crippen LogP contribution in [0, 0.1) is 0 Å². The second-order valence-electron chi connectivity index (χ2n) is 4.53. The molecule has 0 unspecified atom stereocenters. The topological polar surface area (TPSA) is 72.0 Å². The van der Waals surface area contributed by atoms with Gasteiger partial charge in [0.05, 0.1) is 17.0 Å². The number of hydrogen-bond acceptors (Lipinski definition) is 4. The van der Waals surface area contributed by atoms with Gasteiger partial charge in [-0.2, -0.15) is 13.2 Å². The molecule has 21 heavy (non-hydrogen) atoms. The zero-order chi connectivity index (χ0) is 15.7. The van der Waals surface area contributed by atoms with E-state index in [1.807, 2.05) is 0 Å². The minimum atomic E-state index is -4.36. The van der Waals surface area contributed by atoms with Crippen molar-refractivity contribution in [3.8, 4) is 0 Å². The quantitative estimate of drug-likeness (QED) is 0.856. The van der Waals surface area contributed by atoms with Crippen molar-refractivity contribution in [2.75, 3.05) is 19.5 Å². The molecule has 0 saturated carbocycles. The molecule has 0 aliphatic heterocycles. The van der Waals surface area contributed by atoms with Gasteiger partial charge in [-0.25, -0.2) is 13.4 Å². The molecule has 0 saturated heterocycles. The van der Waals surface area contributed by atoms with E-state index in [1.165, 1.54) is 6.07 Å². The van der Waals surface area contributed by atoms with Gasteiger partial charge in [-0.15, -0.1) is 0 Å². The van der Waals surface area contributed by atoms with Crippen LogP contribution in [0.25, 0.3) is 11.0 Å². The number of aromatic nitrogens is 2. The van der Waals surface area contributed by atoms with E-state index >= 15 is 0 Å². The summed E-state index contributed by atoms with van der Waals surface area (Å²) in [5, 5.41) is 0. The number of nitrogens with zero attached hydrogens (tertiary/aromatic N) is 1. The zero-order valence-corrected chi connectivity index (χ0v) is 11.9. The number of benzene rings is 1. The lowest BCUT2D eigenvalue weighted by molar-refractivity contribution is -0.173. The second-order valence-corrected chi connectivity index (χ2v) is 6.51. The highest BCUT2D eigenvalue weighted by molar-refractivity contribution is 7.91. The molecule has 1 aromatic heterocycles. The molecule has 2 rings (SSSR count). The number of sulfone groups is 1. The average Bonchev–Trinajstić information content (AvgIpc) is 2.74. The van der Waals surface area contributed by atoms with Crippen molar-refractivity contribution in [2.24, 2.45) is 0 Å². The maximum absolute atomic E-state index is 11.9. The number of halogens is 3. The average molecular weight is 322 g/mol. The molecule has 2 aromatic rings. The third-order valence-corrected chi connectivity index (χ3v) is 3.80. The Kier molecular flexibility index (Phi) is 4.24. The van der Waals surface area contributed by atoms with Gasteiger partial charge in [0, 0.05) is 12.7 Å². The van der Waals surface area contributed by atoms with Crippen molar-refractivity contribution in [1.29, 1.82) is 0 Å². The van der Waals surface area contributed by atoms with Crippen molar-refractivity contribution in [3.05, 3.63) is 24.0 Å². The van der Waals surface area contributed by atoms with Crippen LogP contribution in [0.15, 0.2) is 23.1 Å². The molecule has 0 fully saturated rings. The minimum absolute atomic E-state index is 0.0821. The second kappa shape index (κ2) is 5.64. The summed E-state index contributed by atoms with van der Waals surface area (Å²) in [6.45, 7) is -1.48. The summed E-state index contributed by atoms with van der Waals surface area (Å²) in [4.78, 5) is 7.07. The highest BCUT2D eigenvalue weighted by Gasteiger charge is 2.27. The van der Waals surface area contributed by atoms with Gasteiger partial charge in [0.1, 0.15) is 17.9 Å². The van der Waals surface area contributed by atoms with Crippen LogP contribution in [0.4, 0.5) is 13.2 Å². The van der Waals surface area contributed by atoms with Crippen LogP contribution in [-0.2, 0) is 21.0 Å². The Balaban J connectivity index is 2.13. The normalized spacial score (nSPS) is 13.0. The van der Waals surface area contributed by atoms with E-state index < -0.39 is 22.6 Å². The predicted molar refractivity (Wildman–Crippen MR) is 69.8 cm³/mol. The number of nitrogens with one attached hydrogen (secondary N) is 1. The summed E-state index contributed by atoms with van der Waals surface area (Å²) < 4.78 is 63.5. The summed E-state index contributed by atoms with van der Waals surface area (Å²) in [6, 6.07) is 4.65. The van der Waals surface area contributed by atoms with Gasteiger partial charge in [0.2, 0.25) is 0 Å². The number of imidazole rings is 1. The van der Waals surface area contributed by atoms with E-state index in [-0.39, 0.29) is 23.4 Å². The third kappa shape index (κ3) is 4.18. The SMILES string of the molecule is CS(=O)(=O)c1cccc2[nH]c(CCOCC(F)(F)F)nc12. The molecule has 116 valence electrons. The first-order valence-corrected chi connectivity index (χ1v) is 7.88. The third-order valence-electron chi connectivity index (χ3n) is 2.67. The first-order chi connectivity index (χ1) is 9.67. The summed E-state index contributed by atoms with van der Waals surface area (Å²) in [6.07, 6.45) is -3.16. The molecule has 9 heteroatoms. The van der Waals surface area contributed by atoms with Crippen molar-refractivity contribution in [2.45, 2.75) is 17.5 Å². The smallest absolute Gasteiger partial charge is 0.372 e. The summed E-state index contributed by atoms with van der Waals surface area (Å²) >= 11 is 0. The number of fused-ring (bicyclic) bond motifs is 1. The molecule has 0 aliphatic rings. The molecule has 1 N–H and O–H groups in total. The van der Waals surface area contributed by atoms with Gasteiger partial charge in [0.15, 0.2) is 9.84 Å². The Hall–Kier alpha value is -1.61. The molecule has 0 radical (unpaired) electrons. The van der Waals surface area contributed by atoms with E-state index in [0.717, 1.165) is 6.26 Å². The molecular formula is C12H13F3N2O3S. The number of H-pyrrole nitrogens is 1. The lowest BCUT2D eigenvalue weighted by atomic mass is 10.3. The number of aromatic amines is 1. The Labute approximate surface area is 119 Å². The maximum Gasteiger partial charge on any atom is 0.411 e. The van der Waals surface area contributed by atoms with Crippen LogP contribution in [0.2, 0.25) is 0 Å². The fraction of sp³-hybridized carbons (Fsp3) is 0.417. The number of alkyl halides is 3. The summed E-state index contributed by atoms with van der Waals surface area (Å²) in [5.74, 6) is 0.378. The molecule has 0 amide bonds. The predicted octanol–water partition coefficient (Wildman–Crippen LogP) is 2.09. The molecular weight excluding hydrogens is 309 g/mol. The lowest BCUT2D eigenvalue weighted by Gasteiger charge is -2.06. The van der Waals surface area contributed by atoms with Gasteiger partial charge in [-0.05, 0) is 12.1 Å². The zero-order valence-electron chi connectivity index (χ0n) is 11.1. The first kappa shape index (κ1) is 15.8. The monoisotopic (exact) mass is 322 g/mol. The van der Waals surface area contributed by atoms with E-state index in [9.17, 15) is 21.6 Å². The largest absolute Gasteiger partial charge is 0.411 e. The Morgan fingerprint density at radius 3 is 2.67 bits per heavy atom. The van der Waals surface area contributed by atoms with Crippen LogP contribution in [-0.4, -0.2) is 44.0 Å². The van der Waals surface area contributed by atoms with Gasteiger partial charge < -0.3 is 9.72 Å². The summed E-state index contributed by atoms with van der Waals surface area (Å²) in [7, 11) is -3.42. The van der Waals surface area contributed by atoms with Crippen LogP contribution >= 0.6 is 0 Å². The fourth-order valence-corrected chi connectivity index (χ4v) is 2.66. The van der Waals surface area contributed by atoms with Crippen molar-refractivity contribution in [3.63, 3.8) is 0 Å².